The van der Waals surface area contributed by atoms with Crippen molar-refractivity contribution >= 4 is 16.0 Å². The van der Waals surface area contributed by atoms with Crippen LogP contribution in [-0.2, 0) is 10.2 Å². The van der Waals surface area contributed by atoms with Crippen molar-refractivity contribution in [2.45, 2.75) is 12.8 Å². The molecule has 0 saturated carbocycles. The quantitative estimate of drug-likeness (QED) is 0.723. The van der Waals surface area contributed by atoms with Gasteiger partial charge in [-0.2, -0.15) is 12.7 Å². The third-order valence-electron chi connectivity index (χ3n) is 3.64. The number of nitrogens with zero attached hydrogens (tertiary/aromatic N) is 4. The molecule has 2 N–H and O–H groups in total. The van der Waals surface area contributed by atoms with Crippen molar-refractivity contribution in [1.29, 1.82) is 0 Å². The highest BCUT2D eigenvalue weighted by molar-refractivity contribution is 7.87. The van der Waals surface area contributed by atoms with Crippen LogP contribution in [0.4, 0.5) is 5.82 Å². The van der Waals surface area contributed by atoms with Crippen LogP contribution in [0, 0.1) is 0 Å². The maximum atomic E-state index is 12.0. The summed E-state index contributed by atoms with van der Waals surface area (Å²) in [6.07, 6.45) is 5.65. The van der Waals surface area contributed by atoms with E-state index in [1.807, 2.05) is 41.2 Å². The summed E-state index contributed by atoms with van der Waals surface area (Å²) in [5, 5.41) is 11.2. The third-order valence-corrected chi connectivity index (χ3v) is 5.25. The highest BCUT2D eigenvalue weighted by Crippen LogP contribution is 2.11. The van der Waals surface area contributed by atoms with Crippen molar-refractivity contribution in [2.24, 2.45) is 0 Å². The SMILES string of the molecule is O=S(=O)(NCCNc1ccc(-n2cccc2)nn1)N1CCCC1. The van der Waals surface area contributed by atoms with E-state index in [4.69, 9.17) is 0 Å². The van der Waals surface area contributed by atoms with Crippen molar-refractivity contribution in [3.05, 3.63) is 36.7 Å². The summed E-state index contributed by atoms with van der Waals surface area (Å²) in [7, 11) is -3.35. The predicted octanol–water partition coefficient (Wildman–Crippen LogP) is 0.609. The van der Waals surface area contributed by atoms with Gasteiger partial charge in [0, 0.05) is 38.6 Å². The largest absolute Gasteiger partial charge is 0.367 e. The first kappa shape index (κ1) is 15.9. The normalized spacial score (nSPS) is 15.8. The van der Waals surface area contributed by atoms with E-state index in [0.717, 1.165) is 18.7 Å². The van der Waals surface area contributed by atoms with Gasteiger partial charge in [-0.1, -0.05) is 0 Å². The number of hydrogen-bond acceptors (Lipinski definition) is 5. The van der Waals surface area contributed by atoms with Gasteiger partial charge in [0.1, 0.15) is 5.82 Å². The van der Waals surface area contributed by atoms with E-state index in [-0.39, 0.29) is 0 Å². The van der Waals surface area contributed by atoms with Gasteiger partial charge in [0.25, 0.3) is 10.2 Å². The Labute approximate surface area is 135 Å². The van der Waals surface area contributed by atoms with Gasteiger partial charge in [-0.25, -0.2) is 4.72 Å². The molecule has 1 saturated heterocycles. The number of aromatic nitrogens is 3. The Bertz CT molecular complexity index is 708. The molecule has 0 aliphatic carbocycles. The van der Waals surface area contributed by atoms with E-state index in [9.17, 15) is 8.42 Å². The van der Waals surface area contributed by atoms with E-state index < -0.39 is 10.2 Å². The molecule has 1 fully saturated rings. The number of rotatable bonds is 7. The van der Waals surface area contributed by atoms with Crippen LogP contribution in [0.25, 0.3) is 5.82 Å². The molecule has 9 heteroatoms. The Morgan fingerprint density at radius 1 is 1.04 bits per heavy atom. The molecule has 3 rings (SSSR count). The van der Waals surface area contributed by atoms with Gasteiger partial charge in [-0.3, -0.25) is 0 Å². The lowest BCUT2D eigenvalue weighted by atomic mass is 10.4. The second-order valence-electron chi connectivity index (χ2n) is 5.30. The highest BCUT2D eigenvalue weighted by Gasteiger charge is 2.24. The molecule has 0 atom stereocenters. The van der Waals surface area contributed by atoms with Crippen molar-refractivity contribution in [3.8, 4) is 5.82 Å². The molecule has 2 aromatic heterocycles. The summed E-state index contributed by atoms with van der Waals surface area (Å²) >= 11 is 0. The fraction of sp³-hybridized carbons (Fsp3) is 0.429. The average Bonchev–Trinajstić information content (AvgIpc) is 3.25. The summed E-state index contributed by atoms with van der Waals surface area (Å²) < 4.78 is 29.9. The molecule has 8 nitrogen and oxygen atoms in total. The fourth-order valence-electron chi connectivity index (χ4n) is 2.43. The second kappa shape index (κ2) is 7.07. The van der Waals surface area contributed by atoms with E-state index in [0.29, 0.717) is 32.0 Å². The molecule has 0 amide bonds. The first-order valence-electron chi connectivity index (χ1n) is 7.61. The Hall–Kier alpha value is -1.97. The first-order chi connectivity index (χ1) is 11.1. The maximum absolute atomic E-state index is 12.0. The Morgan fingerprint density at radius 2 is 1.78 bits per heavy atom. The van der Waals surface area contributed by atoms with Gasteiger partial charge in [0.2, 0.25) is 0 Å². The van der Waals surface area contributed by atoms with Crippen LogP contribution in [-0.4, -0.2) is 53.7 Å². The molecule has 3 heterocycles. The van der Waals surface area contributed by atoms with Crippen LogP contribution in [0.15, 0.2) is 36.7 Å². The molecule has 0 bridgehead atoms. The monoisotopic (exact) mass is 336 g/mol. The predicted molar refractivity (Wildman–Crippen MR) is 87.6 cm³/mol. The van der Waals surface area contributed by atoms with E-state index >= 15 is 0 Å². The summed E-state index contributed by atoms with van der Waals surface area (Å²) in [5.74, 6) is 1.34. The lowest BCUT2D eigenvalue weighted by Crippen LogP contribution is -2.40. The van der Waals surface area contributed by atoms with Gasteiger partial charge < -0.3 is 9.88 Å². The molecule has 0 radical (unpaired) electrons. The maximum Gasteiger partial charge on any atom is 0.279 e. The van der Waals surface area contributed by atoms with Crippen LogP contribution >= 0.6 is 0 Å². The molecule has 1 aliphatic heterocycles. The van der Waals surface area contributed by atoms with E-state index in [1.165, 1.54) is 4.31 Å². The highest BCUT2D eigenvalue weighted by atomic mass is 32.2. The van der Waals surface area contributed by atoms with Gasteiger partial charge in [-0.05, 0) is 37.1 Å². The molecule has 124 valence electrons. The summed E-state index contributed by atoms with van der Waals surface area (Å²) in [6, 6.07) is 7.50. The van der Waals surface area contributed by atoms with Crippen LogP contribution in [0.1, 0.15) is 12.8 Å². The summed E-state index contributed by atoms with van der Waals surface area (Å²) in [4.78, 5) is 0. The van der Waals surface area contributed by atoms with Crippen molar-refractivity contribution in [1.82, 2.24) is 23.8 Å². The topological polar surface area (TPSA) is 92.2 Å². The summed E-state index contributed by atoms with van der Waals surface area (Å²) in [5.41, 5.74) is 0. The Balaban J connectivity index is 1.45. The molecule has 0 spiro atoms. The molecular weight excluding hydrogens is 316 g/mol. The van der Waals surface area contributed by atoms with Gasteiger partial charge in [0.15, 0.2) is 5.82 Å². The van der Waals surface area contributed by atoms with E-state index in [1.54, 1.807) is 0 Å². The second-order valence-corrected chi connectivity index (χ2v) is 7.05. The van der Waals surface area contributed by atoms with Gasteiger partial charge >= 0.3 is 0 Å². The minimum atomic E-state index is -3.35. The molecule has 1 aliphatic rings. The molecule has 23 heavy (non-hydrogen) atoms. The average molecular weight is 336 g/mol. The molecule has 2 aromatic rings. The van der Waals surface area contributed by atoms with Crippen LogP contribution in [0.5, 0.6) is 0 Å². The number of anilines is 1. The standard InChI is InChI=1S/C14H20N6O2S/c21-23(22,20-11-3-4-12-20)16-8-7-15-13-5-6-14(18-17-13)19-9-1-2-10-19/h1-2,5-6,9-10,16H,3-4,7-8,11-12H2,(H,15,17). The van der Waals surface area contributed by atoms with Crippen LogP contribution < -0.4 is 10.0 Å². The Morgan fingerprint density at radius 3 is 2.43 bits per heavy atom. The van der Waals surface area contributed by atoms with Crippen molar-refractivity contribution in [2.75, 3.05) is 31.5 Å². The first-order valence-corrected chi connectivity index (χ1v) is 9.05. The third kappa shape index (κ3) is 4.06. The molecular formula is C14H20N6O2S. The summed E-state index contributed by atoms with van der Waals surface area (Å²) in [6.45, 7) is 1.97. The van der Waals surface area contributed by atoms with Crippen molar-refractivity contribution in [3.63, 3.8) is 0 Å². The Kier molecular flexibility index (Phi) is 4.89. The minimum Gasteiger partial charge on any atom is -0.367 e. The molecule has 0 aromatic carbocycles. The van der Waals surface area contributed by atoms with Crippen molar-refractivity contribution < 1.29 is 8.42 Å². The zero-order valence-corrected chi connectivity index (χ0v) is 13.5. The van der Waals surface area contributed by atoms with Crippen LogP contribution in [0.3, 0.4) is 0 Å². The fourth-order valence-corrected chi connectivity index (χ4v) is 3.72. The van der Waals surface area contributed by atoms with Gasteiger partial charge in [-0.15, -0.1) is 10.2 Å². The lowest BCUT2D eigenvalue weighted by molar-refractivity contribution is 0.466. The van der Waals surface area contributed by atoms with Crippen LogP contribution in [0.2, 0.25) is 0 Å². The zero-order valence-electron chi connectivity index (χ0n) is 12.7. The van der Waals surface area contributed by atoms with E-state index in [2.05, 4.69) is 20.2 Å². The zero-order chi connectivity index (χ0) is 16.1. The number of nitrogens with one attached hydrogen (secondary N) is 2. The van der Waals surface area contributed by atoms with Gasteiger partial charge in [0.05, 0.1) is 0 Å². The molecule has 0 unspecified atom stereocenters. The lowest BCUT2D eigenvalue weighted by Gasteiger charge is -2.16. The minimum absolute atomic E-state index is 0.305. The number of hydrogen-bond donors (Lipinski definition) is 2. The smallest absolute Gasteiger partial charge is 0.279 e.